The van der Waals surface area contributed by atoms with Crippen LogP contribution in [0.4, 0.5) is 26.3 Å². The number of alkyl halides is 6. The molecule has 6 aromatic heterocycles. The van der Waals surface area contributed by atoms with E-state index in [-0.39, 0.29) is 92.8 Å². The monoisotopic (exact) mass is 2220 g/mol. The van der Waals surface area contributed by atoms with Crippen LogP contribution in [0.1, 0.15) is 111 Å². The van der Waals surface area contributed by atoms with Gasteiger partial charge in [-0.05, 0) is 63.1 Å². The molecule has 792 valence electrons. The topological polar surface area (TPSA) is 666 Å². The number of aliphatic hydroxyl groups excluding tert-OH is 7. The first-order valence-corrected chi connectivity index (χ1v) is 49.6. The normalized spacial score (nSPS) is 27.3. The first-order valence-electron chi connectivity index (χ1n) is 42.1. The standard InChI is InChI=1S/C18H29FN2O6P.C16H25FN2O6P.3C12H16FN2O6P.C12H16FN2O3.BrH.2ClH/c1-4-9-24-28(23,25-10-5-2)26-12-15-17(22)16(19)18(27-15)21-8-6-7-14(11-21)13(3)20;1-4-22-26(21,23-5-2)24-10-13-15(20)14(17)16(25-13)19-8-6-7-12(9-19)11(3)18;2*1-7(14)8-3-2-4-15(5-8)12-10(13)11(16)9(21-12)6-20-22(17,18)19;1-7(14)8-3-2-4-15(5-8)12-11(16)10(13)9(21-12)6-20-22(17,18)19;1-7(14)8-3-2-4-15(5-8)12-10(13)11(17)9(6-16)18-12;;;/h6-8,11,15-18,22H,3-5,9-10,12,20H2,1-2H3;6-9,13-16,20H,3-5,10,18H2,1-2H3;3*2-5,9-12,16H,1,6,14H2,(H-,17,18,19);2-5,9-12,16-17H,1,6,14H2;3*1H/q2*+1;;;;+1;;;/t15?,16-,17+,18?;13?,14-,15+,16?;4*9?,10-,11+,12?;;;/m000000.../s1. The fourth-order valence-corrected chi connectivity index (χ4v) is 16.9. The summed E-state index contributed by atoms with van der Waals surface area (Å²) in [5.41, 5.74) is 39.0. The summed E-state index contributed by atoms with van der Waals surface area (Å²) >= 11 is 0. The van der Waals surface area contributed by atoms with E-state index in [1.807, 2.05) is 13.8 Å². The predicted molar refractivity (Wildman–Crippen MR) is 472 cm³/mol. The minimum Gasteiger partial charge on any atom is -1.00 e. The molecule has 12 unspecified atom stereocenters. The Kier molecular flexibility index (Phi) is 51.7. The molecule has 0 spiro atoms. The Balaban J connectivity index is 0.000000353. The summed E-state index contributed by atoms with van der Waals surface area (Å²) in [4.78, 5) is 51.8. The minimum atomic E-state index is -4.74. The van der Waals surface area contributed by atoms with E-state index in [9.17, 15) is 79.8 Å². The summed E-state index contributed by atoms with van der Waals surface area (Å²) in [6, 6.07) is 20.1. The third kappa shape index (κ3) is 37.3. The third-order valence-corrected chi connectivity index (χ3v) is 24.9. The Labute approximate surface area is 830 Å². The maximum absolute atomic E-state index is 14.6. The van der Waals surface area contributed by atoms with Gasteiger partial charge in [0.05, 0.1) is 99.4 Å². The van der Waals surface area contributed by atoms with E-state index in [1.54, 1.807) is 130 Å². The second kappa shape index (κ2) is 57.8. The van der Waals surface area contributed by atoms with Crippen molar-refractivity contribution in [1.29, 1.82) is 0 Å². The highest BCUT2D eigenvalue weighted by atomic mass is 79.9. The third-order valence-electron chi connectivity index (χ3n) is 20.4. The van der Waals surface area contributed by atoms with Crippen LogP contribution in [0.15, 0.2) is 187 Å². The number of ether oxygens (including phenoxy) is 6. The molecule has 0 amide bonds. The number of aromatic nitrogens is 6. The minimum absolute atomic E-state index is 0. The van der Waals surface area contributed by atoms with Gasteiger partial charge in [-0.25, -0.2) is 49.2 Å². The van der Waals surface area contributed by atoms with E-state index in [4.69, 9.17) is 124 Å². The van der Waals surface area contributed by atoms with E-state index < -0.39 is 213 Å². The molecule has 25 N–H and O–H groups in total. The van der Waals surface area contributed by atoms with Crippen molar-refractivity contribution in [2.45, 2.75) is 188 Å². The fraction of sp³-hybridized carbons (Fsp3) is 0.488. The Bertz CT molecular complexity index is 5040. The van der Waals surface area contributed by atoms with Gasteiger partial charge in [-0.2, -0.15) is 27.4 Å². The SMILES string of the molecule is C=C(N)c1ccc[n+](C2OC(CO)[C@@H](O)[C@@H]2F)c1.C=C(N)c1ccc[n+](C2OC(COP(=O)(O)O)[C@@H](O)[C@@H]2F)c1.C=C(N)c1ccc[n+](C2OC(COP(=O)(O)O)[C@@H](O)[C@@H]2F)c1.C=C(N)c1ccc[n+](C2OC(COP(=O)(O)O)[C@H](F)[C@H]2O)c1.C=C(N)c1ccc[n+](C2OC(COP(=O)(OCC)OCC)[C@@H](O)[C@@H]2F)c1.C=C(N)c1ccc[n+](C2OC(COP(=O)(OCCC)OCCC)[C@@H](O)[C@@H]2F)c1.[Br-].[Cl-].[Cl-]. The lowest BCUT2D eigenvalue weighted by Crippen LogP contribution is -3.00. The number of pyridine rings is 6. The summed E-state index contributed by atoms with van der Waals surface area (Å²) in [7, 11) is -21.8. The smallest absolute Gasteiger partial charge is 0.474 e. The van der Waals surface area contributed by atoms with Gasteiger partial charge in [-0.15, -0.1) is 0 Å². The van der Waals surface area contributed by atoms with E-state index >= 15 is 0 Å². The number of hydrogen-bond donors (Lipinski definition) is 19. The summed E-state index contributed by atoms with van der Waals surface area (Å²) in [5, 5.41) is 68.3. The highest BCUT2D eigenvalue weighted by molar-refractivity contribution is 7.49. The van der Waals surface area contributed by atoms with Crippen LogP contribution in [0.25, 0.3) is 34.2 Å². The quantitative estimate of drug-likeness (QED) is 0.00974. The summed E-state index contributed by atoms with van der Waals surface area (Å²) < 4.78 is 227. The number of aliphatic hydroxyl groups is 7. The van der Waals surface area contributed by atoms with Crippen LogP contribution in [-0.4, -0.2) is 241 Å². The maximum atomic E-state index is 14.6. The first kappa shape index (κ1) is 126. The molecule has 6 aliphatic heterocycles. The highest BCUT2D eigenvalue weighted by Gasteiger charge is 2.56. The van der Waals surface area contributed by atoms with Crippen molar-refractivity contribution < 1.29 is 253 Å². The number of rotatable bonds is 38. The van der Waals surface area contributed by atoms with E-state index in [0.717, 1.165) is 0 Å². The Hall–Kier alpha value is -7.19. The van der Waals surface area contributed by atoms with Crippen LogP contribution in [0.3, 0.4) is 0 Å². The number of halogens is 9. The number of hydrogen-bond acceptors (Lipinski definition) is 33. The molecule has 0 bridgehead atoms. The van der Waals surface area contributed by atoms with E-state index in [1.165, 1.54) is 58.4 Å². The van der Waals surface area contributed by atoms with Gasteiger partial charge in [0.2, 0.25) is 30.9 Å². The lowest BCUT2D eigenvalue weighted by molar-refractivity contribution is -0.765. The molecule has 24 atom stereocenters. The molecule has 6 saturated heterocycles. The number of phosphoric ester groups is 5. The van der Waals surface area contributed by atoms with Crippen molar-refractivity contribution in [3.05, 3.63) is 220 Å². The van der Waals surface area contributed by atoms with Gasteiger partial charge in [0.1, 0.15) is 67.1 Å². The Morgan fingerprint density at radius 3 is 0.723 bits per heavy atom. The van der Waals surface area contributed by atoms with Crippen molar-refractivity contribution >= 4 is 73.3 Å². The molecule has 0 saturated carbocycles. The predicted octanol–water partition coefficient (Wildman–Crippen LogP) is -6.49. The second-order valence-corrected chi connectivity index (χ2v) is 38.0. The molecule has 6 aliphatic rings. The number of phosphoric acid groups is 5. The largest absolute Gasteiger partial charge is 1.00 e. The van der Waals surface area contributed by atoms with Gasteiger partial charge in [-0.3, -0.25) is 40.7 Å². The summed E-state index contributed by atoms with van der Waals surface area (Å²) in [6.07, 6.45) is -12.8. The van der Waals surface area contributed by atoms with Crippen LogP contribution in [0.2, 0.25) is 0 Å². The molecule has 141 heavy (non-hydrogen) atoms. The molecule has 0 aromatic carbocycles. The van der Waals surface area contributed by atoms with E-state index in [2.05, 4.69) is 53.0 Å². The van der Waals surface area contributed by atoms with Crippen molar-refractivity contribution in [3.8, 4) is 0 Å². The van der Waals surface area contributed by atoms with Crippen LogP contribution in [-0.2, 0) is 92.0 Å². The molecule has 6 fully saturated rings. The molecule has 0 radical (unpaired) electrons. The van der Waals surface area contributed by atoms with Gasteiger partial charge in [0, 0.05) is 70.6 Å². The molecule has 12 heterocycles. The highest BCUT2D eigenvalue weighted by Crippen LogP contribution is 2.52. The lowest BCUT2D eigenvalue weighted by Gasteiger charge is -2.20. The number of nitrogens with two attached hydrogens (primary N) is 6. The van der Waals surface area contributed by atoms with Crippen molar-refractivity contribution in [2.24, 2.45) is 34.4 Å². The van der Waals surface area contributed by atoms with Crippen LogP contribution < -0.4 is 104 Å². The first-order chi connectivity index (χ1) is 64.7. The van der Waals surface area contributed by atoms with Crippen LogP contribution in [0.5, 0.6) is 0 Å². The zero-order chi connectivity index (χ0) is 103. The van der Waals surface area contributed by atoms with Gasteiger partial charge in [0.15, 0.2) is 86.6 Å². The Morgan fingerprint density at radius 2 is 0.518 bits per heavy atom. The average Bonchev–Trinajstić information content (AvgIpc) is 1.65. The molecular formula is C82H121BrCl2F6N12O33P5+3. The van der Waals surface area contributed by atoms with Crippen LogP contribution >= 0.6 is 39.1 Å². The van der Waals surface area contributed by atoms with Gasteiger partial charge in [0.25, 0.3) is 37.4 Å². The van der Waals surface area contributed by atoms with Crippen molar-refractivity contribution in [1.82, 2.24) is 0 Å². The van der Waals surface area contributed by atoms with Crippen molar-refractivity contribution in [2.75, 3.05) is 66.1 Å². The van der Waals surface area contributed by atoms with Crippen molar-refractivity contribution in [3.63, 3.8) is 0 Å². The zero-order valence-corrected chi connectivity index (χ0v) is 83.8. The molecule has 45 nitrogen and oxygen atoms in total. The van der Waals surface area contributed by atoms with Gasteiger partial charge in [-0.1, -0.05) is 53.3 Å². The van der Waals surface area contributed by atoms with Crippen LogP contribution in [0, 0.1) is 0 Å². The molecule has 6 aromatic rings. The maximum Gasteiger partial charge on any atom is 0.474 e. The Morgan fingerprint density at radius 1 is 0.319 bits per heavy atom. The lowest BCUT2D eigenvalue weighted by atomic mass is 10.1. The molecule has 12 rings (SSSR count). The van der Waals surface area contributed by atoms with E-state index in [0.29, 0.717) is 69.0 Å². The number of nitrogens with zero attached hydrogens (tertiary/aromatic N) is 6. The average molecular weight is 2220 g/mol. The fourth-order valence-electron chi connectivity index (χ4n) is 13.3. The molecule has 0 aliphatic carbocycles. The molecule has 59 heteroatoms. The second-order valence-electron chi connectivity index (χ2n) is 30.9. The zero-order valence-electron chi connectivity index (χ0n) is 76.2. The molecular weight excluding hydrogens is 2100 g/mol. The van der Waals surface area contributed by atoms with Gasteiger partial charge >= 0.3 is 39.1 Å². The summed E-state index contributed by atoms with van der Waals surface area (Å²) in [6.45, 7) is 26.1. The van der Waals surface area contributed by atoms with Gasteiger partial charge < -0.3 is 170 Å². The summed E-state index contributed by atoms with van der Waals surface area (Å²) in [5.74, 6) is 0.